The van der Waals surface area contributed by atoms with Crippen molar-refractivity contribution >= 4 is 30.9 Å². The number of halogens is 4. The van der Waals surface area contributed by atoms with E-state index in [1.165, 1.54) is 6.07 Å². The number of fused-ring (bicyclic) bond motifs is 4. The molecule has 1 fully saturated rings. The van der Waals surface area contributed by atoms with Crippen LogP contribution in [0, 0.1) is 5.41 Å². The molecule has 4 heterocycles. The normalized spacial score (nSPS) is 27.8. The summed E-state index contributed by atoms with van der Waals surface area (Å²) in [5, 5.41) is 0.0224. The van der Waals surface area contributed by atoms with Crippen LogP contribution in [0.25, 0.3) is 0 Å². The molecule has 0 radical (unpaired) electrons. The second-order valence-electron chi connectivity index (χ2n) is 14.9. The Balaban J connectivity index is 1.79. The summed E-state index contributed by atoms with van der Waals surface area (Å²) in [6.07, 6.45) is -1.98. The number of alkyl halides is 4. The molecule has 2 aromatic rings. The molecule has 233 valence electrons. The first-order valence-electron chi connectivity index (χ1n) is 14.9. The number of nitrogens with zero attached hydrogens (tertiary/aromatic N) is 2. The maximum absolute atomic E-state index is 13.4. The molecule has 4 atom stereocenters. The van der Waals surface area contributed by atoms with Crippen LogP contribution in [0.5, 0.6) is 0 Å². The van der Waals surface area contributed by atoms with E-state index in [4.69, 9.17) is 18.9 Å². The first-order valence-corrected chi connectivity index (χ1v) is 19.1. The second kappa shape index (κ2) is 10.8. The van der Waals surface area contributed by atoms with E-state index in [1.54, 1.807) is 0 Å². The summed E-state index contributed by atoms with van der Waals surface area (Å²) in [5.41, 5.74) is 4.24. The number of pyridine rings is 2. The van der Waals surface area contributed by atoms with E-state index in [1.807, 2.05) is 0 Å². The van der Waals surface area contributed by atoms with Crippen LogP contribution in [-0.4, -0.2) is 35.4 Å². The van der Waals surface area contributed by atoms with Crippen LogP contribution in [0.2, 0.25) is 18.1 Å². The molecule has 0 N–H and O–H groups in total. The van der Waals surface area contributed by atoms with E-state index >= 15 is 0 Å². The zero-order valence-electron chi connectivity index (χ0n) is 26.2. The van der Waals surface area contributed by atoms with Gasteiger partial charge in [0, 0.05) is 53.4 Å². The van der Waals surface area contributed by atoms with Crippen molar-refractivity contribution in [2.45, 2.75) is 120 Å². The van der Waals surface area contributed by atoms with Crippen LogP contribution in [0.15, 0.2) is 18.3 Å². The van der Waals surface area contributed by atoms with Gasteiger partial charge in [-0.25, -0.2) is 0 Å². The van der Waals surface area contributed by atoms with Crippen LogP contribution in [0.3, 0.4) is 0 Å². The number of rotatable bonds is 4. The predicted octanol–water partition coefficient (Wildman–Crippen LogP) is 9.19. The van der Waals surface area contributed by atoms with Crippen molar-refractivity contribution in [2.75, 3.05) is 13.2 Å². The lowest BCUT2D eigenvalue weighted by molar-refractivity contribution is -0.138. The smallest absolute Gasteiger partial charge is 0.417 e. The molecule has 2 aliphatic heterocycles. The van der Waals surface area contributed by atoms with Gasteiger partial charge in [0.25, 0.3) is 0 Å². The molecule has 0 bridgehead atoms. The molecular weight excluding hydrogens is 672 g/mol. The Morgan fingerprint density at radius 2 is 1.81 bits per heavy atom. The fraction of sp³-hybridized carbons (Fsp3) is 0.688. The summed E-state index contributed by atoms with van der Waals surface area (Å²) < 4.78 is 60.6. The Bertz CT molecular complexity index is 1340. The zero-order valence-corrected chi connectivity index (χ0v) is 29.4. The van der Waals surface area contributed by atoms with Crippen molar-refractivity contribution in [3.63, 3.8) is 0 Å². The van der Waals surface area contributed by atoms with Crippen LogP contribution in [-0.2, 0) is 32.1 Å². The lowest BCUT2D eigenvalue weighted by Crippen LogP contribution is -2.47. The van der Waals surface area contributed by atoms with Gasteiger partial charge >= 0.3 is 6.18 Å². The molecule has 10 heteroatoms. The minimum atomic E-state index is -4.46. The monoisotopic (exact) mass is 716 g/mol. The van der Waals surface area contributed by atoms with Crippen LogP contribution in [0.1, 0.15) is 119 Å². The zero-order chi connectivity index (χ0) is 31.0. The van der Waals surface area contributed by atoms with E-state index in [0.717, 1.165) is 53.2 Å². The van der Waals surface area contributed by atoms with Gasteiger partial charge in [0.15, 0.2) is 0 Å². The summed E-state index contributed by atoms with van der Waals surface area (Å²) in [4.78, 5) is 9.72. The Hall–Kier alpha value is -1.08. The second-order valence-corrected chi connectivity index (χ2v) is 21.1. The van der Waals surface area contributed by atoms with Gasteiger partial charge in [-0.05, 0) is 44.6 Å². The van der Waals surface area contributed by atoms with E-state index in [0.29, 0.717) is 25.3 Å². The minimum Gasteiger partial charge on any atom is -0.559 e. The van der Waals surface area contributed by atoms with E-state index in [-0.39, 0.29) is 26.4 Å². The molecule has 0 amide bonds. The standard InChI is InChI=1S/C32H44F3IN2O3Si/c1-18(2)27-25-26(24-21(38-27)14-30(6,7)15-22(24)41-42(8,9)29(3,4)5)31(12-13-39-17-23(31)36)40-28(25)20-11-10-19(16-37-20)32(33,34)35/h10-11,16,18,22-23,28H,12-15,17H2,1-9H3/q-1/t22-,23?,28+,31?/m0/s1. The molecule has 1 saturated heterocycles. The summed E-state index contributed by atoms with van der Waals surface area (Å²) in [6.45, 7) is 21.3. The Kier molecular flexibility index (Phi) is 8.29. The molecule has 1 aliphatic carbocycles. The van der Waals surface area contributed by atoms with Gasteiger partial charge < -0.3 is 13.9 Å². The maximum Gasteiger partial charge on any atom is 0.417 e. The Morgan fingerprint density at radius 1 is 1.12 bits per heavy atom. The van der Waals surface area contributed by atoms with Gasteiger partial charge in [0.05, 0.1) is 21.8 Å². The minimum absolute atomic E-state index is 0.00276. The van der Waals surface area contributed by atoms with Gasteiger partial charge in [-0.15, -0.1) is 18.1 Å². The lowest BCUT2D eigenvalue weighted by atomic mass is 9.70. The first-order chi connectivity index (χ1) is 19.3. The number of aromatic nitrogens is 2. The third kappa shape index (κ3) is 5.60. The molecule has 2 aromatic heterocycles. The highest BCUT2D eigenvalue weighted by Crippen LogP contribution is 2.60. The molecular formula is C32H44F3IN2O3Si-. The Labute approximate surface area is 263 Å². The van der Waals surface area contributed by atoms with Crippen molar-refractivity contribution in [3.05, 3.63) is 57.7 Å². The summed E-state index contributed by atoms with van der Waals surface area (Å²) >= 11 is 2.44. The van der Waals surface area contributed by atoms with Crippen molar-refractivity contribution in [3.8, 4) is 0 Å². The number of ether oxygens (including phenoxy) is 2. The number of hydrogen-bond donors (Lipinski definition) is 0. The predicted molar refractivity (Wildman–Crippen MR) is 169 cm³/mol. The van der Waals surface area contributed by atoms with Gasteiger partial charge in [-0.2, -0.15) is 13.2 Å². The largest absolute Gasteiger partial charge is 0.559 e. The summed E-state index contributed by atoms with van der Waals surface area (Å²) in [5.74, 6) is 0.0806. The van der Waals surface area contributed by atoms with Crippen LogP contribution >= 0.6 is 22.6 Å². The van der Waals surface area contributed by atoms with Crippen molar-refractivity contribution in [1.29, 1.82) is 0 Å². The molecule has 0 saturated carbocycles. The molecule has 3 aliphatic rings. The number of hydrogen-bond acceptors (Lipinski definition) is 5. The highest BCUT2D eigenvalue weighted by Gasteiger charge is 2.56. The fourth-order valence-corrected chi connectivity index (χ4v) is 8.76. The average molecular weight is 717 g/mol. The quantitative estimate of drug-likeness (QED) is 0.180. The summed E-state index contributed by atoms with van der Waals surface area (Å²) in [7, 11) is -2.19. The van der Waals surface area contributed by atoms with E-state index in [9.17, 15) is 13.2 Å². The molecule has 5 nitrogen and oxygen atoms in total. The first kappa shape index (κ1) is 32.3. The highest BCUT2D eigenvalue weighted by atomic mass is 127. The van der Waals surface area contributed by atoms with Gasteiger partial charge in [-0.3, -0.25) is 9.97 Å². The van der Waals surface area contributed by atoms with Gasteiger partial charge in [-0.1, -0.05) is 71.1 Å². The van der Waals surface area contributed by atoms with Crippen molar-refractivity contribution in [2.24, 2.45) is 5.41 Å². The van der Waals surface area contributed by atoms with Crippen LogP contribution < -0.4 is 0 Å². The SMILES string of the molecule is CC(C)c1nc2c(c3c1[C@@H](c1ccc(C(F)(F)F)cn1)OC31CCOCC1I)[C@@H](O[Si-](C)(C)C(C)(C)C)CC(C)(C)C2. The third-order valence-electron chi connectivity index (χ3n) is 9.66. The summed E-state index contributed by atoms with van der Waals surface area (Å²) in [6, 6.07) is 2.57. The van der Waals surface area contributed by atoms with Gasteiger partial charge in [0.2, 0.25) is 0 Å². The fourth-order valence-electron chi connectivity index (χ4n) is 6.47. The highest BCUT2D eigenvalue weighted by molar-refractivity contribution is 14.1. The topological polar surface area (TPSA) is 53.5 Å². The van der Waals surface area contributed by atoms with Crippen molar-refractivity contribution < 1.29 is 27.1 Å². The molecule has 5 rings (SSSR count). The molecule has 0 aromatic carbocycles. The molecule has 1 spiro atoms. The third-order valence-corrected chi connectivity index (χ3v) is 15.5. The maximum atomic E-state index is 13.4. The lowest BCUT2D eigenvalue weighted by Gasteiger charge is -2.54. The Morgan fingerprint density at radius 3 is 2.36 bits per heavy atom. The molecule has 42 heavy (non-hydrogen) atoms. The van der Waals surface area contributed by atoms with Crippen LogP contribution in [0.4, 0.5) is 13.2 Å². The average Bonchev–Trinajstić information content (AvgIpc) is 3.18. The van der Waals surface area contributed by atoms with Crippen molar-refractivity contribution in [1.82, 2.24) is 9.97 Å². The van der Waals surface area contributed by atoms with E-state index in [2.05, 4.69) is 89.1 Å². The van der Waals surface area contributed by atoms with Gasteiger partial charge in [0.1, 0.15) is 11.7 Å². The molecule has 2 unspecified atom stereocenters. The van der Waals surface area contributed by atoms with E-state index < -0.39 is 31.8 Å².